The molecule has 2 aromatic heterocycles. The van der Waals surface area contributed by atoms with Crippen molar-refractivity contribution in [3.8, 4) is 5.75 Å². The smallest absolute Gasteiger partial charge is 0.259 e. The number of aromatic nitrogens is 1. The number of ether oxygens (including phenoxy) is 1. The van der Waals surface area contributed by atoms with E-state index in [1.165, 1.54) is 0 Å². The van der Waals surface area contributed by atoms with E-state index in [1.54, 1.807) is 84.4 Å². The maximum atomic E-state index is 13.2. The Morgan fingerprint density at radius 3 is 2.37 bits per heavy atom. The Morgan fingerprint density at radius 2 is 1.70 bits per heavy atom. The summed E-state index contributed by atoms with van der Waals surface area (Å²) in [6.45, 7) is 0. The number of rotatable bonds is 5. The van der Waals surface area contributed by atoms with Crippen LogP contribution < -0.4 is 15.8 Å². The summed E-state index contributed by atoms with van der Waals surface area (Å²) in [5.41, 5.74) is 8.47. The quantitative estimate of drug-likeness (QED) is 0.460. The zero-order valence-electron chi connectivity index (χ0n) is 16.1. The molecule has 0 saturated heterocycles. The molecule has 0 aliphatic carbocycles. The van der Waals surface area contributed by atoms with Gasteiger partial charge in [0, 0.05) is 22.5 Å². The first-order valence-electron chi connectivity index (χ1n) is 9.14. The van der Waals surface area contributed by atoms with Crippen LogP contribution in [0.1, 0.15) is 26.4 Å². The second-order valence-corrected chi connectivity index (χ2v) is 7.05. The topological polar surface area (TPSA) is 85.8 Å². The van der Waals surface area contributed by atoms with Gasteiger partial charge < -0.3 is 20.2 Å². The Morgan fingerprint density at radius 1 is 1.00 bits per heavy atom. The number of hydrogen-bond donors (Lipinski definition) is 2. The minimum Gasteiger partial charge on any atom is -0.497 e. The number of carbonyl (C=O) groups is 2. The van der Waals surface area contributed by atoms with E-state index >= 15 is 0 Å². The maximum absolute atomic E-state index is 13.2. The molecule has 0 atom stereocenters. The zero-order valence-corrected chi connectivity index (χ0v) is 16.8. The van der Waals surface area contributed by atoms with Gasteiger partial charge in [-0.1, -0.05) is 17.7 Å². The number of nitrogens with zero attached hydrogens (tertiary/aromatic N) is 1. The fourth-order valence-electron chi connectivity index (χ4n) is 3.30. The van der Waals surface area contributed by atoms with Gasteiger partial charge in [0.2, 0.25) is 5.78 Å². The molecule has 150 valence electrons. The third-order valence-corrected chi connectivity index (χ3v) is 5.03. The molecule has 0 fully saturated rings. The molecule has 0 spiro atoms. The van der Waals surface area contributed by atoms with Crippen LogP contribution in [0.15, 0.2) is 72.9 Å². The van der Waals surface area contributed by atoms with Crippen molar-refractivity contribution in [1.82, 2.24) is 4.40 Å². The van der Waals surface area contributed by atoms with E-state index in [9.17, 15) is 9.59 Å². The van der Waals surface area contributed by atoms with Crippen LogP contribution >= 0.6 is 11.6 Å². The van der Waals surface area contributed by atoms with Crippen molar-refractivity contribution in [3.05, 3.63) is 94.8 Å². The SMILES string of the molecule is COc1ccc(NC(=O)c2c(N)c(C(=O)c3ccc(Cl)cc3)n3ccccc23)cc1. The zero-order chi connectivity index (χ0) is 21.3. The first-order valence-corrected chi connectivity index (χ1v) is 9.51. The van der Waals surface area contributed by atoms with E-state index in [0.717, 1.165) is 0 Å². The van der Waals surface area contributed by atoms with E-state index in [4.69, 9.17) is 22.1 Å². The van der Waals surface area contributed by atoms with Crippen molar-refractivity contribution >= 4 is 40.2 Å². The van der Waals surface area contributed by atoms with E-state index in [0.29, 0.717) is 27.5 Å². The standard InChI is InChI=1S/C23H18ClN3O3/c1-30-17-11-9-16(10-12-17)26-23(29)19-18-4-2-3-13-27(18)21(20(19)25)22(28)14-5-7-15(24)8-6-14/h2-13H,25H2,1H3,(H,26,29). The number of fused-ring (bicyclic) bond motifs is 1. The van der Waals surface area contributed by atoms with Crippen molar-refractivity contribution in [2.45, 2.75) is 0 Å². The number of nitrogens with two attached hydrogens (primary N) is 1. The molecule has 4 aromatic rings. The molecule has 2 heterocycles. The van der Waals surface area contributed by atoms with Gasteiger partial charge in [0.1, 0.15) is 11.4 Å². The van der Waals surface area contributed by atoms with Gasteiger partial charge >= 0.3 is 0 Å². The van der Waals surface area contributed by atoms with Crippen LogP contribution in [-0.4, -0.2) is 23.2 Å². The molecular formula is C23H18ClN3O3. The van der Waals surface area contributed by atoms with Crippen LogP contribution in [0.25, 0.3) is 5.52 Å². The molecule has 0 aliphatic rings. The summed E-state index contributed by atoms with van der Waals surface area (Å²) in [6, 6.07) is 18.8. The monoisotopic (exact) mass is 419 g/mol. The molecular weight excluding hydrogens is 402 g/mol. The van der Waals surface area contributed by atoms with Crippen LogP contribution in [0.2, 0.25) is 5.02 Å². The lowest BCUT2D eigenvalue weighted by atomic mass is 10.1. The number of halogens is 1. The van der Waals surface area contributed by atoms with Crippen molar-refractivity contribution in [1.29, 1.82) is 0 Å². The molecule has 0 bridgehead atoms. The van der Waals surface area contributed by atoms with Crippen LogP contribution in [0.3, 0.4) is 0 Å². The highest BCUT2D eigenvalue weighted by molar-refractivity contribution is 6.30. The molecule has 2 aromatic carbocycles. The van der Waals surface area contributed by atoms with Gasteiger partial charge in [-0.3, -0.25) is 9.59 Å². The predicted molar refractivity (Wildman–Crippen MR) is 118 cm³/mol. The number of ketones is 1. The Hall–Kier alpha value is -3.77. The average molecular weight is 420 g/mol. The van der Waals surface area contributed by atoms with Gasteiger partial charge in [-0.15, -0.1) is 0 Å². The van der Waals surface area contributed by atoms with Crippen molar-refractivity contribution in [2.24, 2.45) is 0 Å². The largest absolute Gasteiger partial charge is 0.497 e. The fourth-order valence-corrected chi connectivity index (χ4v) is 3.43. The number of carbonyl (C=O) groups excluding carboxylic acids is 2. The second-order valence-electron chi connectivity index (χ2n) is 6.61. The number of hydrogen-bond acceptors (Lipinski definition) is 4. The summed E-state index contributed by atoms with van der Waals surface area (Å²) in [6.07, 6.45) is 1.71. The summed E-state index contributed by atoms with van der Waals surface area (Å²) in [4.78, 5) is 26.2. The Balaban J connectivity index is 1.77. The second kappa shape index (κ2) is 7.93. The average Bonchev–Trinajstić information content (AvgIpc) is 3.06. The summed E-state index contributed by atoms with van der Waals surface area (Å²) in [5.74, 6) is -0.0249. The summed E-state index contributed by atoms with van der Waals surface area (Å²) >= 11 is 5.93. The van der Waals surface area contributed by atoms with Gasteiger partial charge in [-0.25, -0.2) is 0 Å². The molecule has 3 N–H and O–H groups in total. The Labute approximate surface area is 177 Å². The Bertz CT molecular complexity index is 1250. The predicted octanol–water partition coefficient (Wildman–Crippen LogP) is 4.67. The molecule has 1 amide bonds. The lowest BCUT2D eigenvalue weighted by Crippen LogP contribution is -2.14. The third kappa shape index (κ3) is 3.49. The number of nitrogen functional groups attached to an aromatic ring is 1. The van der Waals surface area contributed by atoms with Crippen LogP contribution in [-0.2, 0) is 0 Å². The molecule has 7 heteroatoms. The highest BCUT2D eigenvalue weighted by atomic mass is 35.5. The minimum atomic E-state index is -0.406. The van der Waals surface area contributed by atoms with Crippen molar-refractivity contribution in [3.63, 3.8) is 0 Å². The normalized spacial score (nSPS) is 10.7. The molecule has 0 radical (unpaired) electrons. The highest BCUT2D eigenvalue weighted by Crippen LogP contribution is 2.29. The molecule has 0 saturated carbocycles. The van der Waals surface area contributed by atoms with E-state index in [1.807, 2.05) is 0 Å². The third-order valence-electron chi connectivity index (χ3n) is 4.78. The van der Waals surface area contributed by atoms with Crippen molar-refractivity contribution in [2.75, 3.05) is 18.2 Å². The number of pyridine rings is 1. The number of anilines is 2. The van der Waals surface area contributed by atoms with Crippen LogP contribution in [0, 0.1) is 0 Å². The number of methoxy groups -OCH3 is 1. The molecule has 0 aliphatic heterocycles. The lowest BCUT2D eigenvalue weighted by molar-refractivity contribution is 0.102. The first-order chi connectivity index (χ1) is 14.5. The van der Waals surface area contributed by atoms with Gasteiger partial charge in [0.05, 0.1) is 23.9 Å². The maximum Gasteiger partial charge on any atom is 0.259 e. The van der Waals surface area contributed by atoms with E-state index in [-0.39, 0.29) is 22.7 Å². The van der Waals surface area contributed by atoms with Crippen LogP contribution in [0.5, 0.6) is 5.75 Å². The van der Waals surface area contributed by atoms with Gasteiger partial charge in [-0.05, 0) is 60.7 Å². The summed E-state index contributed by atoms with van der Waals surface area (Å²) in [7, 11) is 1.57. The van der Waals surface area contributed by atoms with E-state index in [2.05, 4.69) is 5.32 Å². The number of nitrogens with one attached hydrogen (secondary N) is 1. The summed E-state index contributed by atoms with van der Waals surface area (Å²) in [5, 5.41) is 3.35. The van der Waals surface area contributed by atoms with Gasteiger partial charge in [0.25, 0.3) is 5.91 Å². The molecule has 30 heavy (non-hydrogen) atoms. The molecule has 4 rings (SSSR count). The first kappa shape index (κ1) is 19.5. The molecule has 6 nitrogen and oxygen atoms in total. The van der Waals surface area contributed by atoms with Crippen molar-refractivity contribution < 1.29 is 14.3 Å². The van der Waals surface area contributed by atoms with E-state index < -0.39 is 5.91 Å². The summed E-state index contributed by atoms with van der Waals surface area (Å²) < 4.78 is 6.77. The van der Waals surface area contributed by atoms with Gasteiger partial charge in [0.15, 0.2) is 0 Å². The Kier molecular flexibility index (Phi) is 5.16. The number of benzene rings is 2. The number of amides is 1. The minimum absolute atomic E-state index is 0.118. The highest BCUT2D eigenvalue weighted by Gasteiger charge is 2.26. The molecule has 0 unspecified atom stereocenters. The fraction of sp³-hybridized carbons (Fsp3) is 0.0435. The lowest BCUT2D eigenvalue weighted by Gasteiger charge is -2.07. The van der Waals surface area contributed by atoms with Gasteiger partial charge in [-0.2, -0.15) is 0 Å². The van der Waals surface area contributed by atoms with Crippen LogP contribution in [0.4, 0.5) is 11.4 Å².